The molecule has 0 aliphatic carbocycles. The third kappa shape index (κ3) is 8.78. The van der Waals surface area contributed by atoms with E-state index in [-0.39, 0.29) is 0 Å². The van der Waals surface area contributed by atoms with E-state index in [2.05, 4.69) is 66.0 Å². The van der Waals surface area contributed by atoms with Gasteiger partial charge in [0, 0.05) is 50.1 Å². The van der Waals surface area contributed by atoms with E-state index < -0.39 is 0 Å². The molecule has 2 aliphatic heterocycles. The fourth-order valence-electron chi connectivity index (χ4n) is 3.55. The molecule has 0 amide bonds. The number of anilines is 1. The Labute approximate surface area is 221 Å². The van der Waals surface area contributed by atoms with Crippen molar-refractivity contribution in [2.45, 2.75) is 25.0 Å². The van der Waals surface area contributed by atoms with Gasteiger partial charge in [0.1, 0.15) is 5.82 Å². The van der Waals surface area contributed by atoms with Crippen molar-refractivity contribution in [1.29, 1.82) is 5.26 Å². The number of hydrogen-bond acceptors (Lipinski definition) is 7. The van der Waals surface area contributed by atoms with Gasteiger partial charge in [0.05, 0.1) is 17.0 Å². The molecule has 2 aliphatic rings. The second kappa shape index (κ2) is 14.4. The van der Waals surface area contributed by atoms with Gasteiger partial charge >= 0.3 is 0 Å². The molecule has 1 fully saturated rings. The summed E-state index contributed by atoms with van der Waals surface area (Å²) in [7, 11) is 0. The minimum Gasteiger partial charge on any atom is -0.378 e. The third-order valence-corrected chi connectivity index (χ3v) is 7.25. The molecule has 0 spiro atoms. The highest BCUT2D eigenvalue weighted by atomic mass is 32.2. The summed E-state index contributed by atoms with van der Waals surface area (Å²) in [5.41, 5.74) is 7.26. The normalized spacial score (nSPS) is 19.3. The van der Waals surface area contributed by atoms with Crippen molar-refractivity contribution in [3.8, 4) is 6.07 Å². The first-order valence-electron chi connectivity index (χ1n) is 11.7. The van der Waals surface area contributed by atoms with E-state index in [1.54, 1.807) is 11.8 Å². The van der Waals surface area contributed by atoms with E-state index in [4.69, 9.17) is 11.0 Å². The monoisotopic (exact) mass is 523 g/mol. The number of hydrogen-bond donors (Lipinski definition) is 3. The molecule has 0 radical (unpaired) electrons. The van der Waals surface area contributed by atoms with E-state index in [9.17, 15) is 0 Å². The van der Waals surface area contributed by atoms with Gasteiger partial charge in [-0.1, -0.05) is 49.2 Å². The Morgan fingerprint density at radius 1 is 1.36 bits per heavy atom. The summed E-state index contributed by atoms with van der Waals surface area (Å²) in [6.07, 6.45) is 11.3. The van der Waals surface area contributed by atoms with Crippen LogP contribution in [0.2, 0.25) is 0 Å². The predicted molar refractivity (Wildman–Crippen MR) is 153 cm³/mol. The SMILES string of the molecule is C=C(/C=C\C=C/C)SC(N)=NC(=NC(=C)N1CCN(CCC#N)CC1)Nc1cc(C2CC=CS2)[nH]n1. The van der Waals surface area contributed by atoms with Crippen LogP contribution >= 0.6 is 23.5 Å². The van der Waals surface area contributed by atoms with E-state index in [1.807, 2.05) is 37.3 Å². The Morgan fingerprint density at radius 3 is 2.86 bits per heavy atom. The van der Waals surface area contributed by atoms with Gasteiger partial charge in [-0.3, -0.25) is 10.00 Å². The van der Waals surface area contributed by atoms with Crippen molar-refractivity contribution in [3.63, 3.8) is 0 Å². The number of aromatic amines is 1. The maximum atomic E-state index is 8.83. The average molecular weight is 524 g/mol. The molecular formula is C25H33N9S2. The number of H-pyrrole nitrogens is 1. The second-order valence-electron chi connectivity index (χ2n) is 8.06. The minimum absolute atomic E-state index is 0.303. The Hall–Kier alpha value is -3.20. The Bertz CT molecular complexity index is 1090. The smallest absolute Gasteiger partial charge is 0.232 e. The molecule has 1 aromatic heterocycles. The molecule has 1 unspecified atom stereocenters. The highest BCUT2D eigenvalue weighted by molar-refractivity contribution is 8.17. The van der Waals surface area contributed by atoms with Gasteiger partial charge in [-0.2, -0.15) is 20.3 Å². The van der Waals surface area contributed by atoms with Crippen molar-refractivity contribution in [3.05, 3.63) is 71.4 Å². The average Bonchev–Trinajstić information content (AvgIpc) is 3.55. The van der Waals surface area contributed by atoms with Crippen molar-refractivity contribution < 1.29 is 0 Å². The van der Waals surface area contributed by atoms with Crippen molar-refractivity contribution in [1.82, 2.24) is 20.0 Å². The number of allylic oxidation sites excluding steroid dienone is 5. The highest BCUT2D eigenvalue weighted by Crippen LogP contribution is 2.37. The number of nitrogens with one attached hydrogen (secondary N) is 2. The van der Waals surface area contributed by atoms with Gasteiger partial charge in [0.15, 0.2) is 11.0 Å². The zero-order chi connectivity index (χ0) is 25.8. The molecule has 190 valence electrons. The minimum atomic E-state index is 0.303. The lowest BCUT2D eigenvalue weighted by Gasteiger charge is -2.35. The number of nitrogens with zero attached hydrogens (tertiary/aromatic N) is 6. The number of aromatic nitrogens is 2. The maximum absolute atomic E-state index is 8.83. The fourth-order valence-corrected chi connectivity index (χ4v) is 5.00. The van der Waals surface area contributed by atoms with E-state index >= 15 is 0 Å². The number of nitriles is 1. The summed E-state index contributed by atoms with van der Waals surface area (Å²) in [5.74, 6) is 1.51. The molecule has 0 aromatic carbocycles. The summed E-state index contributed by atoms with van der Waals surface area (Å²) in [4.78, 5) is 14.3. The van der Waals surface area contributed by atoms with E-state index in [1.165, 1.54) is 11.8 Å². The molecule has 1 aromatic rings. The Kier molecular flexibility index (Phi) is 10.9. The van der Waals surface area contributed by atoms with Crippen LogP contribution in [0.5, 0.6) is 0 Å². The fraction of sp³-hybridized carbons (Fsp3) is 0.360. The molecular weight excluding hydrogens is 490 g/mol. The second-order valence-corrected chi connectivity index (χ2v) is 10.3. The molecule has 9 nitrogen and oxygen atoms in total. The van der Waals surface area contributed by atoms with Crippen LogP contribution in [-0.2, 0) is 0 Å². The summed E-state index contributed by atoms with van der Waals surface area (Å²) in [6, 6.07) is 4.17. The zero-order valence-electron chi connectivity index (χ0n) is 20.6. The first kappa shape index (κ1) is 27.4. The molecule has 0 bridgehead atoms. The molecule has 1 saturated heterocycles. The van der Waals surface area contributed by atoms with Gasteiger partial charge in [-0.25, -0.2) is 0 Å². The van der Waals surface area contributed by atoms with Crippen LogP contribution in [0.3, 0.4) is 0 Å². The standard InChI is InChI=1S/C25H33N9S2/c1-4-5-6-9-19(2)36-24(27)30-25(29-23-18-21(31-32-23)22-10-7-17-35-22)28-20(3)34-15-13-33(14-16-34)12-8-11-26/h4-7,9,17-18,22H,2-3,8,10,12-16H2,1H3,(H4,27,28,29,30,31,32)/b5-4-,9-6-. The lowest BCUT2D eigenvalue weighted by molar-refractivity contribution is 0.161. The Balaban J connectivity index is 1.71. The van der Waals surface area contributed by atoms with Gasteiger partial charge in [-0.05, 0) is 24.8 Å². The number of amidine groups is 1. The number of rotatable bonds is 9. The van der Waals surface area contributed by atoms with Crippen LogP contribution in [0.4, 0.5) is 5.82 Å². The lowest BCUT2D eigenvalue weighted by atomic mass is 10.2. The van der Waals surface area contributed by atoms with Crippen molar-refractivity contribution in [2.75, 3.05) is 38.0 Å². The molecule has 11 heteroatoms. The van der Waals surface area contributed by atoms with Gasteiger partial charge in [0.2, 0.25) is 5.96 Å². The van der Waals surface area contributed by atoms with Gasteiger partial charge in [-0.15, -0.1) is 11.8 Å². The van der Waals surface area contributed by atoms with Crippen LogP contribution in [0.1, 0.15) is 30.7 Å². The third-order valence-electron chi connectivity index (χ3n) is 5.42. The van der Waals surface area contributed by atoms with Crippen LogP contribution in [0.15, 0.2) is 75.7 Å². The lowest BCUT2D eigenvalue weighted by Crippen LogP contribution is -2.45. The maximum Gasteiger partial charge on any atom is 0.232 e. The summed E-state index contributed by atoms with van der Waals surface area (Å²) in [5, 5.41) is 22.2. The van der Waals surface area contributed by atoms with Crippen LogP contribution in [0.25, 0.3) is 0 Å². The van der Waals surface area contributed by atoms with Crippen LogP contribution in [-0.4, -0.2) is 63.8 Å². The molecule has 4 N–H and O–H groups in total. The number of guanidine groups is 1. The van der Waals surface area contributed by atoms with Gasteiger partial charge in [0.25, 0.3) is 0 Å². The molecule has 1 atom stereocenters. The van der Waals surface area contributed by atoms with E-state index in [0.717, 1.165) is 49.7 Å². The Morgan fingerprint density at radius 2 is 2.17 bits per heavy atom. The summed E-state index contributed by atoms with van der Waals surface area (Å²) < 4.78 is 0. The van der Waals surface area contributed by atoms with Gasteiger partial charge < -0.3 is 16.0 Å². The first-order chi connectivity index (χ1) is 17.5. The molecule has 3 heterocycles. The number of nitrogens with two attached hydrogens (primary N) is 1. The summed E-state index contributed by atoms with van der Waals surface area (Å²) >= 11 is 3.02. The van der Waals surface area contributed by atoms with Crippen molar-refractivity contribution >= 4 is 40.5 Å². The number of thioether (sulfide) groups is 2. The van der Waals surface area contributed by atoms with Crippen LogP contribution < -0.4 is 11.1 Å². The first-order valence-corrected chi connectivity index (χ1v) is 13.5. The van der Waals surface area contributed by atoms with Crippen LogP contribution in [0, 0.1) is 11.3 Å². The van der Waals surface area contributed by atoms with Crippen molar-refractivity contribution in [2.24, 2.45) is 15.7 Å². The van der Waals surface area contributed by atoms with E-state index in [0.29, 0.717) is 34.4 Å². The quantitative estimate of drug-likeness (QED) is 0.245. The largest absolute Gasteiger partial charge is 0.378 e. The number of piperazine rings is 1. The summed E-state index contributed by atoms with van der Waals surface area (Å²) in [6.45, 7) is 14.2. The topological polar surface area (TPSA) is 122 Å². The number of aliphatic imine (C=N–C) groups is 2. The zero-order valence-corrected chi connectivity index (χ0v) is 22.2. The molecule has 36 heavy (non-hydrogen) atoms. The molecule has 3 rings (SSSR count). The predicted octanol–water partition coefficient (Wildman–Crippen LogP) is 4.57. The highest BCUT2D eigenvalue weighted by Gasteiger charge is 2.19. The molecule has 0 saturated carbocycles.